The second-order valence-corrected chi connectivity index (χ2v) is 5.52. The lowest BCUT2D eigenvalue weighted by Gasteiger charge is -2.15. The molecule has 2 aromatic rings. The molecule has 0 saturated heterocycles. The van der Waals surface area contributed by atoms with E-state index in [1.165, 1.54) is 12.1 Å². The van der Waals surface area contributed by atoms with Gasteiger partial charge in [-0.25, -0.2) is 8.78 Å². The first kappa shape index (κ1) is 15.9. The van der Waals surface area contributed by atoms with Gasteiger partial charge in [-0.15, -0.1) is 0 Å². The van der Waals surface area contributed by atoms with Crippen LogP contribution in [0, 0.1) is 11.6 Å². The molecule has 0 saturated carbocycles. The highest BCUT2D eigenvalue weighted by molar-refractivity contribution is 9.10. The van der Waals surface area contributed by atoms with Crippen molar-refractivity contribution in [1.82, 2.24) is 0 Å². The van der Waals surface area contributed by atoms with Gasteiger partial charge in [0, 0.05) is 16.6 Å². The Hall–Kier alpha value is -1.46. The van der Waals surface area contributed by atoms with Gasteiger partial charge in [0.15, 0.2) is 0 Å². The quantitative estimate of drug-likeness (QED) is 0.864. The van der Waals surface area contributed by atoms with E-state index in [4.69, 9.17) is 10.5 Å². The summed E-state index contributed by atoms with van der Waals surface area (Å²) in [6.07, 6.45) is 0.290. The third kappa shape index (κ3) is 4.02. The van der Waals surface area contributed by atoms with Gasteiger partial charge in [0.1, 0.15) is 17.4 Å². The van der Waals surface area contributed by atoms with E-state index in [0.717, 1.165) is 21.9 Å². The minimum absolute atomic E-state index is 0.290. The summed E-state index contributed by atoms with van der Waals surface area (Å²) < 4.78 is 32.8. The van der Waals surface area contributed by atoms with Gasteiger partial charge in [-0.05, 0) is 42.7 Å². The molecule has 1 atom stereocenters. The SMILES string of the molecule is CCOc1ccc(C(N)Cc2ccc(F)cc2F)c(Br)c1. The molecule has 0 fully saturated rings. The van der Waals surface area contributed by atoms with Crippen molar-refractivity contribution in [3.8, 4) is 5.75 Å². The highest BCUT2D eigenvalue weighted by atomic mass is 79.9. The van der Waals surface area contributed by atoms with Crippen LogP contribution in [0.5, 0.6) is 5.75 Å². The first-order valence-electron chi connectivity index (χ1n) is 6.63. The van der Waals surface area contributed by atoms with E-state index in [0.29, 0.717) is 18.6 Å². The maximum atomic E-state index is 13.7. The van der Waals surface area contributed by atoms with Crippen molar-refractivity contribution in [3.63, 3.8) is 0 Å². The summed E-state index contributed by atoms with van der Waals surface area (Å²) in [5.74, 6) is -0.423. The lowest BCUT2D eigenvalue weighted by molar-refractivity contribution is 0.340. The summed E-state index contributed by atoms with van der Waals surface area (Å²) in [7, 11) is 0. The lowest BCUT2D eigenvalue weighted by atomic mass is 9.99. The van der Waals surface area contributed by atoms with Gasteiger partial charge in [-0.2, -0.15) is 0 Å². The minimum atomic E-state index is -0.591. The van der Waals surface area contributed by atoms with E-state index in [2.05, 4.69) is 15.9 Å². The van der Waals surface area contributed by atoms with Crippen molar-refractivity contribution >= 4 is 15.9 Å². The van der Waals surface area contributed by atoms with Crippen LogP contribution in [0.3, 0.4) is 0 Å². The highest BCUT2D eigenvalue weighted by Gasteiger charge is 2.14. The van der Waals surface area contributed by atoms with E-state index in [1.54, 1.807) is 0 Å². The molecule has 2 nitrogen and oxygen atoms in total. The van der Waals surface area contributed by atoms with Crippen LogP contribution >= 0.6 is 15.9 Å². The largest absolute Gasteiger partial charge is 0.494 e. The van der Waals surface area contributed by atoms with Crippen LogP contribution in [0.15, 0.2) is 40.9 Å². The van der Waals surface area contributed by atoms with E-state index < -0.39 is 17.7 Å². The molecule has 0 bridgehead atoms. The zero-order valence-electron chi connectivity index (χ0n) is 11.6. The second kappa shape index (κ2) is 7.00. The fraction of sp³-hybridized carbons (Fsp3) is 0.250. The molecule has 0 aromatic heterocycles. The van der Waals surface area contributed by atoms with Crippen molar-refractivity contribution in [2.75, 3.05) is 6.61 Å². The number of ether oxygens (including phenoxy) is 1. The predicted molar refractivity (Wildman–Crippen MR) is 82.3 cm³/mol. The van der Waals surface area contributed by atoms with Gasteiger partial charge < -0.3 is 10.5 Å². The Bertz CT molecular complexity index is 634. The average molecular weight is 356 g/mol. The lowest BCUT2D eigenvalue weighted by Crippen LogP contribution is -2.15. The standard InChI is InChI=1S/C16H16BrF2NO/c1-2-21-12-5-6-13(14(17)9-12)16(20)7-10-3-4-11(18)8-15(10)19/h3-6,8-9,16H,2,7,20H2,1H3. The summed E-state index contributed by atoms with van der Waals surface area (Å²) in [5.41, 5.74) is 7.37. The van der Waals surface area contributed by atoms with E-state index >= 15 is 0 Å². The summed E-state index contributed by atoms with van der Waals surface area (Å²) in [6, 6.07) is 8.64. The molecule has 5 heteroatoms. The number of hydrogen-bond acceptors (Lipinski definition) is 2. The summed E-state index contributed by atoms with van der Waals surface area (Å²) in [6.45, 7) is 2.49. The number of rotatable bonds is 5. The van der Waals surface area contributed by atoms with Crippen LogP contribution in [-0.4, -0.2) is 6.61 Å². The van der Waals surface area contributed by atoms with Crippen LogP contribution in [0.2, 0.25) is 0 Å². The molecular formula is C16H16BrF2NO. The molecule has 0 aliphatic rings. The molecule has 0 spiro atoms. The Kier molecular flexibility index (Phi) is 5.31. The van der Waals surface area contributed by atoms with Gasteiger partial charge in [0.25, 0.3) is 0 Å². The zero-order valence-corrected chi connectivity index (χ0v) is 13.2. The van der Waals surface area contributed by atoms with E-state index in [9.17, 15) is 8.78 Å². The molecule has 112 valence electrons. The fourth-order valence-electron chi connectivity index (χ4n) is 2.10. The smallest absolute Gasteiger partial charge is 0.129 e. The molecule has 0 amide bonds. The number of nitrogens with two attached hydrogens (primary N) is 1. The summed E-state index contributed by atoms with van der Waals surface area (Å²) in [4.78, 5) is 0. The Morgan fingerprint density at radius 2 is 1.95 bits per heavy atom. The van der Waals surface area contributed by atoms with E-state index in [-0.39, 0.29) is 0 Å². The Balaban J connectivity index is 2.18. The summed E-state index contributed by atoms with van der Waals surface area (Å²) >= 11 is 3.45. The first-order chi connectivity index (χ1) is 10.0. The molecular weight excluding hydrogens is 340 g/mol. The molecule has 0 aliphatic carbocycles. The Labute approximate surface area is 131 Å². The molecule has 1 unspecified atom stereocenters. The van der Waals surface area contributed by atoms with Gasteiger partial charge in [-0.1, -0.05) is 28.1 Å². The summed E-state index contributed by atoms with van der Waals surface area (Å²) in [5, 5.41) is 0. The van der Waals surface area contributed by atoms with Crippen LogP contribution in [0.1, 0.15) is 24.1 Å². The Morgan fingerprint density at radius 3 is 2.57 bits per heavy atom. The fourth-order valence-corrected chi connectivity index (χ4v) is 2.75. The van der Waals surface area contributed by atoms with E-state index in [1.807, 2.05) is 25.1 Å². The third-order valence-corrected chi connectivity index (χ3v) is 3.82. The maximum absolute atomic E-state index is 13.7. The molecule has 0 radical (unpaired) electrons. The van der Waals surface area contributed by atoms with Crippen LogP contribution in [0.4, 0.5) is 8.78 Å². The maximum Gasteiger partial charge on any atom is 0.129 e. The average Bonchev–Trinajstić information content (AvgIpc) is 2.42. The molecule has 0 heterocycles. The van der Waals surface area contributed by atoms with Crippen molar-refractivity contribution in [2.45, 2.75) is 19.4 Å². The van der Waals surface area contributed by atoms with Crippen LogP contribution < -0.4 is 10.5 Å². The number of halogens is 3. The number of hydrogen-bond donors (Lipinski definition) is 1. The topological polar surface area (TPSA) is 35.2 Å². The third-order valence-electron chi connectivity index (χ3n) is 3.14. The molecule has 2 N–H and O–H groups in total. The highest BCUT2D eigenvalue weighted by Crippen LogP contribution is 2.29. The number of benzene rings is 2. The molecule has 2 rings (SSSR count). The Morgan fingerprint density at radius 1 is 1.19 bits per heavy atom. The van der Waals surface area contributed by atoms with Gasteiger partial charge >= 0.3 is 0 Å². The van der Waals surface area contributed by atoms with Crippen molar-refractivity contribution < 1.29 is 13.5 Å². The minimum Gasteiger partial charge on any atom is -0.494 e. The second-order valence-electron chi connectivity index (χ2n) is 4.66. The van der Waals surface area contributed by atoms with Crippen molar-refractivity contribution in [1.29, 1.82) is 0 Å². The first-order valence-corrected chi connectivity index (χ1v) is 7.42. The molecule has 0 aliphatic heterocycles. The normalized spacial score (nSPS) is 12.2. The van der Waals surface area contributed by atoms with Gasteiger partial charge in [0.2, 0.25) is 0 Å². The van der Waals surface area contributed by atoms with Crippen molar-refractivity contribution in [3.05, 3.63) is 63.6 Å². The van der Waals surface area contributed by atoms with Crippen molar-refractivity contribution in [2.24, 2.45) is 5.73 Å². The monoisotopic (exact) mass is 355 g/mol. The van der Waals surface area contributed by atoms with Gasteiger partial charge in [-0.3, -0.25) is 0 Å². The molecule has 21 heavy (non-hydrogen) atoms. The van der Waals surface area contributed by atoms with Crippen LogP contribution in [0.25, 0.3) is 0 Å². The molecule has 2 aromatic carbocycles. The van der Waals surface area contributed by atoms with Crippen LogP contribution in [-0.2, 0) is 6.42 Å². The van der Waals surface area contributed by atoms with Gasteiger partial charge in [0.05, 0.1) is 6.61 Å². The zero-order chi connectivity index (χ0) is 15.4. The predicted octanol–water partition coefficient (Wildman–Crippen LogP) is 4.37.